The Labute approximate surface area is 174 Å². The molecule has 1 N–H and O–H groups in total. The molecular formula is C25H22O5. The molecule has 152 valence electrons. The van der Waals surface area contributed by atoms with Crippen LogP contribution in [0, 0.1) is 0 Å². The zero-order valence-electron chi connectivity index (χ0n) is 16.8. The Bertz CT molecular complexity index is 1070. The van der Waals surface area contributed by atoms with Crippen LogP contribution >= 0.6 is 0 Å². The predicted molar refractivity (Wildman–Crippen MR) is 111 cm³/mol. The van der Waals surface area contributed by atoms with E-state index < -0.39 is 23.1 Å². The minimum absolute atomic E-state index is 0.0117. The summed E-state index contributed by atoms with van der Waals surface area (Å²) in [5, 5.41) is 10.8. The molecule has 0 aromatic heterocycles. The number of aromatic hydroxyl groups is 1. The van der Waals surface area contributed by atoms with E-state index in [4.69, 9.17) is 4.74 Å². The second kappa shape index (κ2) is 7.41. The van der Waals surface area contributed by atoms with Gasteiger partial charge in [-0.3, -0.25) is 9.59 Å². The van der Waals surface area contributed by atoms with Crippen LogP contribution in [0.25, 0.3) is 0 Å². The molecular weight excluding hydrogens is 380 g/mol. The van der Waals surface area contributed by atoms with Crippen LogP contribution in [0.2, 0.25) is 0 Å². The van der Waals surface area contributed by atoms with Crippen molar-refractivity contribution in [1.29, 1.82) is 0 Å². The Morgan fingerprint density at radius 3 is 2.10 bits per heavy atom. The van der Waals surface area contributed by atoms with Crippen LogP contribution < -0.4 is 0 Å². The van der Waals surface area contributed by atoms with Crippen LogP contribution in [0.3, 0.4) is 0 Å². The fourth-order valence-electron chi connectivity index (χ4n) is 3.96. The number of fused-ring (bicyclic) bond motifs is 1. The number of Topliss-reactive ketones (excluding diaryl/α,β-unsaturated/α-hetero) is 2. The molecule has 0 amide bonds. The highest BCUT2D eigenvalue weighted by Crippen LogP contribution is 2.47. The van der Waals surface area contributed by atoms with Gasteiger partial charge in [0.05, 0.1) is 11.1 Å². The number of hydrogen-bond donors (Lipinski definition) is 1. The number of esters is 1. The minimum atomic E-state index is -2.23. The van der Waals surface area contributed by atoms with Gasteiger partial charge in [0.25, 0.3) is 5.60 Å². The predicted octanol–water partition coefficient (Wildman–Crippen LogP) is 4.37. The Morgan fingerprint density at radius 2 is 1.57 bits per heavy atom. The Balaban J connectivity index is 1.90. The molecule has 5 nitrogen and oxygen atoms in total. The maximum Gasteiger partial charge on any atom is 0.339 e. The lowest BCUT2D eigenvalue weighted by atomic mass is 9.86. The second-order valence-electron chi connectivity index (χ2n) is 7.84. The average Bonchev–Trinajstić information content (AvgIpc) is 2.97. The lowest BCUT2D eigenvalue weighted by molar-refractivity contribution is -0.145. The average molecular weight is 402 g/mol. The maximum absolute atomic E-state index is 13.5. The van der Waals surface area contributed by atoms with Crippen molar-refractivity contribution in [2.75, 3.05) is 0 Å². The van der Waals surface area contributed by atoms with Crippen molar-refractivity contribution in [3.05, 3.63) is 88.5 Å². The number of rotatable bonds is 4. The summed E-state index contributed by atoms with van der Waals surface area (Å²) in [6.07, 6.45) is 4.65. The highest BCUT2D eigenvalue weighted by Gasteiger charge is 2.61. The third-order valence-electron chi connectivity index (χ3n) is 5.61. The van der Waals surface area contributed by atoms with Crippen LogP contribution in [-0.2, 0) is 19.9 Å². The summed E-state index contributed by atoms with van der Waals surface area (Å²) in [5.41, 5.74) is -0.682. The molecule has 5 heteroatoms. The first-order valence-corrected chi connectivity index (χ1v) is 9.98. The molecule has 0 saturated heterocycles. The largest absolute Gasteiger partial charge is 0.507 e. The molecule has 0 aliphatic heterocycles. The Hall–Kier alpha value is -3.47. The highest BCUT2D eigenvalue weighted by atomic mass is 16.6. The molecule has 2 aliphatic rings. The van der Waals surface area contributed by atoms with Crippen molar-refractivity contribution in [3.8, 4) is 5.75 Å². The molecule has 4 rings (SSSR count). The molecule has 1 fully saturated rings. The van der Waals surface area contributed by atoms with E-state index in [2.05, 4.69) is 0 Å². The number of benzene rings is 2. The van der Waals surface area contributed by atoms with Gasteiger partial charge in [0.2, 0.25) is 11.6 Å². The number of phenols is 1. The van der Waals surface area contributed by atoms with Gasteiger partial charge in [-0.15, -0.1) is 0 Å². The van der Waals surface area contributed by atoms with E-state index >= 15 is 0 Å². The summed E-state index contributed by atoms with van der Waals surface area (Å²) in [5.74, 6) is -2.14. The fraction of sp³-hybridized carbons (Fsp3) is 0.240. The summed E-state index contributed by atoms with van der Waals surface area (Å²) < 4.78 is 5.69. The van der Waals surface area contributed by atoms with E-state index in [1.54, 1.807) is 48.6 Å². The van der Waals surface area contributed by atoms with Gasteiger partial charge >= 0.3 is 5.97 Å². The van der Waals surface area contributed by atoms with Crippen LogP contribution in [-0.4, -0.2) is 22.6 Å². The van der Waals surface area contributed by atoms with E-state index in [9.17, 15) is 19.5 Å². The van der Waals surface area contributed by atoms with Crippen molar-refractivity contribution < 1.29 is 24.2 Å². The van der Waals surface area contributed by atoms with Gasteiger partial charge in [-0.2, -0.15) is 0 Å². The van der Waals surface area contributed by atoms with Crippen molar-refractivity contribution in [3.63, 3.8) is 0 Å². The summed E-state index contributed by atoms with van der Waals surface area (Å²) in [7, 11) is 0. The van der Waals surface area contributed by atoms with E-state index in [1.807, 2.05) is 13.8 Å². The van der Waals surface area contributed by atoms with Crippen molar-refractivity contribution >= 4 is 17.5 Å². The molecule has 2 aliphatic carbocycles. The molecule has 0 heterocycles. The number of ether oxygens (including phenoxy) is 1. The third-order valence-corrected chi connectivity index (χ3v) is 5.61. The van der Waals surface area contributed by atoms with Crippen LogP contribution in [0.5, 0.6) is 5.75 Å². The van der Waals surface area contributed by atoms with Gasteiger partial charge in [0, 0.05) is 11.1 Å². The highest BCUT2D eigenvalue weighted by molar-refractivity contribution is 6.35. The minimum Gasteiger partial charge on any atom is -0.507 e. The standard InChI is InChI=1S/C25H22O5/c1-15(2)17-12-13-20(21(26)14-17)25(30-24(29)16-8-4-3-5-9-16)22(27)18-10-6-7-11-19(18)23(25)28/h3-5,8-15,26H,6-7H2,1-2H3. The van der Waals surface area contributed by atoms with Crippen LogP contribution in [0.1, 0.15) is 54.1 Å². The molecule has 30 heavy (non-hydrogen) atoms. The summed E-state index contributed by atoms with van der Waals surface area (Å²) in [4.78, 5) is 39.9. The van der Waals surface area contributed by atoms with Gasteiger partial charge < -0.3 is 9.84 Å². The number of carbonyl (C=O) groups is 3. The molecule has 0 bridgehead atoms. The second-order valence-corrected chi connectivity index (χ2v) is 7.84. The molecule has 2 aromatic rings. The fourth-order valence-corrected chi connectivity index (χ4v) is 3.96. The number of carbonyl (C=O) groups excluding carboxylic acids is 3. The van der Waals surface area contributed by atoms with Crippen LogP contribution in [0.4, 0.5) is 0 Å². The zero-order chi connectivity index (χ0) is 21.5. The molecule has 1 saturated carbocycles. The molecule has 0 radical (unpaired) electrons. The summed E-state index contributed by atoms with van der Waals surface area (Å²) in [6, 6.07) is 13.0. The van der Waals surface area contributed by atoms with Gasteiger partial charge in [-0.25, -0.2) is 4.79 Å². The Morgan fingerprint density at radius 1 is 0.967 bits per heavy atom. The topological polar surface area (TPSA) is 80.7 Å². The first-order chi connectivity index (χ1) is 14.4. The Kier molecular flexibility index (Phi) is 4.90. The van der Waals surface area contributed by atoms with Crippen LogP contribution in [0.15, 0.2) is 71.8 Å². The maximum atomic E-state index is 13.5. The van der Waals surface area contributed by atoms with E-state index in [0.717, 1.165) is 5.56 Å². The molecule has 0 spiro atoms. The summed E-state index contributed by atoms with van der Waals surface area (Å²) in [6.45, 7) is 3.94. The van der Waals surface area contributed by atoms with Crippen molar-refractivity contribution in [2.45, 2.75) is 38.2 Å². The quantitative estimate of drug-likeness (QED) is 0.607. The first-order valence-electron chi connectivity index (χ1n) is 9.98. The number of hydrogen-bond acceptors (Lipinski definition) is 5. The number of ketones is 2. The lowest BCUT2D eigenvalue weighted by Gasteiger charge is -2.27. The first kappa shape index (κ1) is 19.8. The van der Waals surface area contributed by atoms with Gasteiger partial charge in [-0.05, 0) is 42.5 Å². The number of phenolic OH excluding ortho intramolecular Hbond substituents is 1. The van der Waals surface area contributed by atoms with Crippen molar-refractivity contribution in [1.82, 2.24) is 0 Å². The SMILES string of the molecule is CC(C)c1ccc(C2(OC(=O)c3ccccc3)C(=O)C3=CCCC=C3C2=O)c(O)c1. The van der Waals surface area contributed by atoms with Crippen molar-refractivity contribution in [2.24, 2.45) is 0 Å². The third kappa shape index (κ3) is 2.98. The monoisotopic (exact) mass is 402 g/mol. The zero-order valence-corrected chi connectivity index (χ0v) is 16.8. The normalized spacial score (nSPS) is 17.4. The van der Waals surface area contributed by atoms with E-state index in [0.29, 0.717) is 12.8 Å². The molecule has 2 aromatic carbocycles. The smallest absolute Gasteiger partial charge is 0.339 e. The van der Waals surface area contributed by atoms with E-state index in [1.165, 1.54) is 12.1 Å². The van der Waals surface area contributed by atoms with E-state index in [-0.39, 0.29) is 33.9 Å². The summed E-state index contributed by atoms with van der Waals surface area (Å²) >= 11 is 0. The van der Waals surface area contributed by atoms with Gasteiger partial charge in [0.1, 0.15) is 5.75 Å². The molecule has 0 unspecified atom stereocenters. The molecule has 0 atom stereocenters. The lowest BCUT2D eigenvalue weighted by Crippen LogP contribution is -2.43. The number of allylic oxidation sites excluding steroid dienone is 2. The van der Waals surface area contributed by atoms with Gasteiger partial charge in [-0.1, -0.05) is 56.3 Å². The van der Waals surface area contributed by atoms with Gasteiger partial charge in [0.15, 0.2) is 0 Å².